The third-order valence-corrected chi connectivity index (χ3v) is 3.03. The second-order valence-corrected chi connectivity index (χ2v) is 4.60. The first kappa shape index (κ1) is 13.1. The van der Waals surface area contributed by atoms with Crippen LogP contribution in [0.25, 0.3) is 0 Å². The molecule has 1 N–H and O–H groups in total. The van der Waals surface area contributed by atoms with Crippen molar-refractivity contribution in [3.05, 3.63) is 34.1 Å². The van der Waals surface area contributed by atoms with E-state index in [9.17, 15) is 9.18 Å². The van der Waals surface area contributed by atoms with Crippen LogP contribution in [0.2, 0.25) is 0 Å². The second kappa shape index (κ2) is 5.41. The van der Waals surface area contributed by atoms with Gasteiger partial charge >= 0.3 is 5.97 Å². The Morgan fingerprint density at radius 2 is 2.19 bits per heavy atom. The van der Waals surface area contributed by atoms with E-state index < -0.39 is 5.97 Å². The molecule has 0 aliphatic heterocycles. The molecule has 3 nitrogen and oxygen atoms in total. The van der Waals surface area contributed by atoms with Gasteiger partial charge in [0.25, 0.3) is 0 Å². The number of carboxylic acid groups (broad SMARTS) is 1. The molecule has 0 bridgehead atoms. The van der Waals surface area contributed by atoms with Crippen LogP contribution in [0, 0.1) is 5.82 Å². The van der Waals surface area contributed by atoms with Crippen LogP contribution < -0.4 is 0 Å². The van der Waals surface area contributed by atoms with Gasteiger partial charge in [0.15, 0.2) is 0 Å². The van der Waals surface area contributed by atoms with Crippen molar-refractivity contribution in [1.29, 1.82) is 0 Å². The summed E-state index contributed by atoms with van der Waals surface area (Å²) in [4.78, 5) is 12.5. The summed E-state index contributed by atoms with van der Waals surface area (Å²) in [5.41, 5.74) is 0.646. The fourth-order valence-corrected chi connectivity index (χ4v) is 2.02. The van der Waals surface area contributed by atoms with Crippen molar-refractivity contribution in [1.82, 2.24) is 4.90 Å². The van der Waals surface area contributed by atoms with Crippen molar-refractivity contribution in [3.8, 4) is 0 Å². The maximum Gasteiger partial charge on any atom is 0.305 e. The molecule has 88 valence electrons. The fourth-order valence-electron chi connectivity index (χ4n) is 1.51. The smallest absolute Gasteiger partial charge is 0.305 e. The minimum Gasteiger partial charge on any atom is -0.481 e. The Hall–Kier alpha value is -0.940. The molecule has 16 heavy (non-hydrogen) atoms. The summed E-state index contributed by atoms with van der Waals surface area (Å²) in [6.07, 6.45) is -0.0605. The minimum absolute atomic E-state index is 0.0605. The first-order chi connectivity index (χ1) is 7.41. The highest BCUT2D eigenvalue weighted by molar-refractivity contribution is 9.10. The average Bonchev–Trinajstić information content (AvgIpc) is 2.18. The third kappa shape index (κ3) is 3.28. The zero-order valence-electron chi connectivity index (χ0n) is 9.08. The monoisotopic (exact) mass is 289 g/mol. The molecule has 1 rings (SSSR count). The van der Waals surface area contributed by atoms with Crippen LogP contribution in [-0.4, -0.2) is 30.1 Å². The van der Waals surface area contributed by atoms with Crippen molar-refractivity contribution in [2.75, 3.05) is 14.1 Å². The lowest BCUT2D eigenvalue weighted by Crippen LogP contribution is -2.23. The number of nitrogens with zero attached hydrogens (tertiary/aromatic N) is 1. The Morgan fingerprint density at radius 3 is 2.69 bits per heavy atom. The van der Waals surface area contributed by atoms with E-state index in [0.29, 0.717) is 10.0 Å². The number of carboxylic acids is 1. The van der Waals surface area contributed by atoms with Crippen molar-refractivity contribution < 1.29 is 14.3 Å². The summed E-state index contributed by atoms with van der Waals surface area (Å²) < 4.78 is 13.8. The number of benzene rings is 1. The molecule has 0 amide bonds. The number of hydrogen-bond donors (Lipinski definition) is 1. The number of hydrogen-bond acceptors (Lipinski definition) is 2. The van der Waals surface area contributed by atoms with Gasteiger partial charge in [-0.25, -0.2) is 4.39 Å². The molecule has 0 aliphatic rings. The number of aliphatic carboxylic acids is 1. The summed E-state index contributed by atoms with van der Waals surface area (Å²) in [6.45, 7) is 0. The zero-order valence-corrected chi connectivity index (χ0v) is 10.7. The first-order valence-corrected chi connectivity index (χ1v) is 5.54. The lowest BCUT2D eigenvalue weighted by Gasteiger charge is -2.24. The minimum atomic E-state index is -0.908. The molecule has 1 unspecified atom stereocenters. The fraction of sp³-hybridized carbons (Fsp3) is 0.364. The van der Waals surface area contributed by atoms with Crippen molar-refractivity contribution >= 4 is 21.9 Å². The van der Waals surface area contributed by atoms with Gasteiger partial charge in [-0.15, -0.1) is 0 Å². The molecule has 0 heterocycles. The molecule has 0 aromatic heterocycles. The Kier molecular flexibility index (Phi) is 4.44. The van der Waals surface area contributed by atoms with Crippen LogP contribution in [0.1, 0.15) is 18.0 Å². The largest absolute Gasteiger partial charge is 0.481 e. The summed E-state index contributed by atoms with van der Waals surface area (Å²) in [5, 5.41) is 8.82. The highest BCUT2D eigenvalue weighted by Crippen LogP contribution is 2.29. The molecular formula is C11H13BrFNO2. The summed E-state index contributed by atoms with van der Waals surface area (Å²) >= 11 is 3.30. The summed E-state index contributed by atoms with van der Waals surface area (Å²) in [7, 11) is 3.54. The molecule has 0 saturated carbocycles. The highest BCUT2D eigenvalue weighted by atomic mass is 79.9. The van der Waals surface area contributed by atoms with E-state index in [1.807, 2.05) is 0 Å². The first-order valence-electron chi connectivity index (χ1n) is 4.75. The van der Waals surface area contributed by atoms with E-state index in [1.165, 1.54) is 12.1 Å². The zero-order chi connectivity index (χ0) is 12.3. The van der Waals surface area contributed by atoms with E-state index in [4.69, 9.17) is 5.11 Å². The Balaban J connectivity index is 3.09. The normalized spacial score (nSPS) is 12.8. The standard InChI is InChI=1S/C11H13BrFNO2/c1-14(2)10(6-11(15)16)8-5-7(13)3-4-9(8)12/h3-5,10H,6H2,1-2H3,(H,15,16). The van der Waals surface area contributed by atoms with Crippen molar-refractivity contribution in [3.63, 3.8) is 0 Å². The lowest BCUT2D eigenvalue weighted by molar-refractivity contribution is -0.138. The molecule has 0 fully saturated rings. The number of halogens is 2. The molecule has 0 saturated heterocycles. The second-order valence-electron chi connectivity index (χ2n) is 3.74. The van der Waals surface area contributed by atoms with E-state index in [0.717, 1.165) is 0 Å². The third-order valence-electron chi connectivity index (χ3n) is 2.31. The topological polar surface area (TPSA) is 40.5 Å². The van der Waals surface area contributed by atoms with Gasteiger partial charge in [0.1, 0.15) is 5.82 Å². The van der Waals surface area contributed by atoms with Crippen LogP contribution in [0.4, 0.5) is 4.39 Å². The van der Waals surface area contributed by atoms with Gasteiger partial charge < -0.3 is 10.0 Å². The maximum absolute atomic E-state index is 13.1. The van der Waals surface area contributed by atoms with Gasteiger partial charge in [-0.2, -0.15) is 0 Å². The van der Waals surface area contributed by atoms with Gasteiger partial charge in [0.2, 0.25) is 0 Å². The predicted octanol–water partition coefficient (Wildman–Crippen LogP) is 2.67. The molecular weight excluding hydrogens is 277 g/mol. The van der Waals surface area contributed by atoms with E-state index >= 15 is 0 Å². The number of rotatable bonds is 4. The quantitative estimate of drug-likeness (QED) is 0.926. The van der Waals surface area contributed by atoms with Crippen LogP contribution in [-0.2, 0) is 4.79 Å². The van der Waals surface area contributed by atoms with E-state index in [1.54, 1.807) is 25.1 Å². The van der Waals surface area contributed by atoms with Crippen LogP contribution in [0.15, 0.2) is 22.7 Å². The van der Waals surface area contributed by atoms with Gasteiger partial charge in [-0.1, -0.05) is 15.9 Å². The van der Waals surface area contributed by atoms with Gasteiger partial charge in [0.05, 0.1) is 6.42 Å². The Bertz CT molecular complexity index is 396. The molecule has 1 atom stereocenters. The average molecular weight is 290 g/mol. The van der Waals surface area contributed by atoms with Crippen LogP contribution in [0.3, 0.4) is 0 Å². The SMILES string of the molecule is CN(C)C(CC(=O)O)c1cc(F)ccc1Br. The highest BCUT2D eigenvalue weighted by Gasteiger charge is 2.20. The Morgan fingerprint density at radius 1 is 1.56 bits per heavy atom. The van der Waals surface area contributed by atoms with Crippen molar-refractivity contribution in [2.24, 2.45) is 0 Å². The summed E-state index contributed by atoms with van der Waals surface area (Å²) in [6, 6.07) is 3.93. The van der Waals surface area contributed by atoms with Gasteiger partial charge in [-0.3, -0.25) is 4.79 Å². The van der Waals surface area contributed by atoms with Crippen molar-refractivity contribution in [2.45, 2.75) is 12.5 Å². The molecule has 1 aromatic carbocycles. The predicted molar refractivity (Wildman–Crippen MR) is 62.8 cm³/mol. The maximum atomic E-state index is 13.1. The number of carbonyl (C=O) groups is 1. The Labute approximate surface area is 102 Å². The molecule has 1 aromatic rings. The van der Waals surface area contributed by atoms with Gasteiger partial charge in [-0.05, 0) is 37.9 Å². The molecule has 0 radical (unpaired) electrons. The molecule has 0 spiro atoms. The van der Waals surface area contributed by atoms with Crippen LogP contribution in [0.5, 0.6) is 0 Å². The molecule has 0 aliphatic carbocycles. The lowest BCUT2D eigenvalue weighted by atomic mass is 10.0. The van der Waals surface area contributed by atoms with E-state index in [2.05, 4.69) is 15.9 Å². The van der Waals surface area contributed by atoms with E-state index in [-0.39, 0.29) is 18.3 Å². The summed E-state index contributed by atoms with van der Waals surface area (Å²) in [5.74, 6) is -1.27. The van der Waals surface area contributed by atoms with Crippen LogP contribution >= 0.6 is 15.9 Å². The van der Waals surface area contributed by atoms with Gasteiger partial charge in [0, 0.05) is 10.5 Å². The molecule has 5 heteroatoms.